The van der Waals surface area contributed by atoms with E-state index in [1.165, 1.54) is 24.3 Å². The molecule has 1 heterocycles. The van der Waals surface area contributed by atoms with Gasteiger partial charge in [-0.3, -0.25) is 19.4 Å². The number of nitrogens with two attached hydrogens (primary N) is 1. The molecule has 1 aromatic rings. The first-order valence-corrected chi connectivity index (χ1v) is 6.81. The van der Waals surface area contributed by atoms with Gasteiger partial charge in [-0.2, -0.15) is 0 Å². The highest BCUT2D eigenvalue weighted by atomic mass is 19.1. The molecule has 0 atom stereocenters. The molecule has 0 bridgehead atoms. The van der Waals surface area contributed by atoms with Crippen LogP contribution >= 0.6 is 0 Å². The Balaban J connectivity index is 1.74. The third-order valence-corrected chi connectivity index (χ3v) is 3.34. The van der Waals surface area contributed by atoms with E-state index in [1.54, 1.807) is 0 Å². The first-order valence-electron chi connectivity index (χ1n) is 6.81. The SMILES string of the molecule is NC(=O)CN1CCN(CC(=O)Nc2ccc(F)cc2)CC1. The van der Waals surface area contributed by atoms with E-state index in [2.05, 4.69) is 5.32 Å². The number of benzene rings is 1. The Bertz CT molecular complexity index is 498. The van der Waals surface area contributed by atoms with Gasteiger partial charge in [0.1, 0.15) is 5.82 Å². The lowest BCUT2D eigenvalue weighted by Gasteiger charge is -2.33. The molecule has 0 aliphatic carbocycles. The molecule has 2 rings (SSSR count). The summed E-state index contributed by atoms with van der Waals surface area (Å²) < 4.78 is 12.8. The summed E-state index contributed by atoms with van der Waals surface area (Å²) in [6.07, 6.45) is 0. The van der Waals surface area contributed by atoms with Gasteiger partial charge in [-0.25, -0.2) is 4.39 Å². The quantitative estimate of drug-likeness (QED) is 0.793. The van der Waals surface area contributed by atoms with Crippen LogP contribution in [-0.2, 0) is 9.59 Å². The van der Waals surface area contributed by atoms with Gasteiger partial charge in [0.15, 0.2) is 0 Å². The van der Waals surface area contributed by atoms with Gasteiger partial charge < -0.3 is 11.1 Å². The molecule has 2 amide bonds. The summed E-state index contributed by atoms with van der Waals surface area (Å²) in [7, 11) is 0. The Morgan fingerprint density at radius 2 is 1.57 bits per heavy atom. The molecular weight excluding hydrogens is 275 g/mol. The van der Waals surface area contributed by atoms with Crippen LogP contribution in [0.1, 0.15) is 0 Å². The summed E-state index contributed by atoms with van der Waals surface area (Å²) in [4.78, 5) is 26.7. The van der Waals surface area contributed by atoms with Crippen molar-refractivity contribution < 1.29 is 14.0 Å². The maximum atomic E-state index is 12.8. The summed E-state index contributed by atoms with van der Waals surface area (Å²) in [6.45, 7) is 3.39. The van der Waals surface area contributed by atoms with Crippen LogP contribution in [-0.4, -0.2) is 60.9 Å². The van der Waals surface area contributed by atoms with Gasteiger partial charge >= 0.3 is 0 Å². The van der Waals surface area contributed by atoms with E-state index in [-0.39, 0.29) is 30.7 Å². The highest BCUT2D eigenvalue weighted by Gasteiger charge is 2.19. The standard InChI is InChI=1S/C14H19FN4O2/c15-11-1-3-12(4-2-11)17-14(21)10-19-7-5-18(6-8-19)9-13(16)20/h1-4H,5-10H2,(H2,16,20)(H,17,21). The molecule has 0 spiro atoms. The monoisotopic (exact) mass is 294 g/mol. The maximum absolute atomic E-state index is 12.8. The fourth-order valence-electron chi connectivity index (χ4n) is 2.26. The second-order valence-corrected chi connectivity index (χ2v) is 5.07. The topological polar surface area (TPSA) is 78.7 Å². The first-order chi connectivity index (χ1) is 10.0. The Morgan fingerprint density at radius 3 is 2.10 bits per heavy atom. The van der Waals surface area contributed by atoms with Crippen LogP contribution in [0.3, 0.4) is 0 Å². The van der Waals surface area contributed by atoms with Crippen LogP contribution < -0.4 is 11.1 Å². The minimum absolute atomic E-state index is 0.134. The van der Waals surface area contributed by atoms with Gasteiger partial charge in [-0.15, -0.1) is 0 Å². The van der Waals surface area contributed by atoms with Crippen molar-refractivity contribution in [2.24, 2.45) is 5.73 Å². The molecule has 7 heteroatoms. The maximum Gasteiger partial charge on any atom is 0.238 e. The molecule has 1 aromatic carbocycles. The molecule has 114 valence electrons. The van der Waals surface area contributed by atoms with Crippen molar-refractivity contribution in [1.82, 2.24) is 9.80 Å². The first kappa shape index (κ1) is 15.4. The van der Waals surface area contributed by atoms with Crippen molar-refractivity contribution in [2.75, 3.05) is 44.6 Å². The van der Waals surface area contributed by atoms with Crippen molar-refractivity contribution in [3.05, 3.63) is 30.1 Å². The molecule has 1 aliphatic heterocycles. The number of hydrogen-bond acceptors (Lipinski definition) is 4. The average molecular weight is 294 g/mol. The predicted octanol–water partition coefficient (Wildman–Crippen LogP) is -0.133. The van der Waals surface area contributed by atoms with Crippen molar-refractivity contribution in [3.63, 3.8) is 0 Å². The number of carbonyl (C=O) groups excluding carboxylic acids is 2. The molecule has 1 fully saturated rings. The summed E-state index contributed by atoms with van der Waals surface area (Å²) in [5, 5.41) is 2.72. The average Bonchev–Trinajstić information content (AvgIpc) is 2.43. The second kappa shape index (κ2) is 7.14. The number of rotatable bonds is 5. The third-order valence-electron chi connectivity index (χ3n) is 3.34. The number of nitrogens with zero attached hydrogens (tertiary/aromatic N) is 2. The summed E-state index contributed by atoms with van der Waals surface area (Å²) in [5.41, 5.74) is 5.73. The minimum atomic E-state index is -0.336. The largest absolute Gasteiger partial charge is 0.369 e. The van der Waals surface area contributed by atoms with Gasteiger partial charge in [0, 0.05) is 31.9 Å². The van der Waals surface area contributed by atoms with Crippen molar-refractivity contribution in [1.29, 1.82) is 0 Å². The molecule has 3 N–H and O–H groups in total. The van der Waals surface area contributed by atoms with Crippen molar-refractivity contribution >= 4 is 17.5 Å². The van der Waals surface area contributed by atoms with E-state index in [0.717, 1.165) is 0 Å². The zero-order chi connectivity index (χ0) is 15.2. The number of piperazine rings is 1. The van der Waals surface area contributed by atoms with E-state index in [1.807, 2.05) is 9.80 Å². The minimum Gasteiger partial charge on any atom is -0.369 e. The van der Waals surface area contributed by atoms with Gasteiger partial charge in [0.2, 0.25) is 11.8 Å². The van der Waals surface area contributed by atoms with E-state index in [0.29, 0.717) is 31.9 Å². The van der Waals surface area contributed by atoms with Gasteiger partial charge in [0.05, 0.1) is 13.1 Å². The summed E-state index contributed by atoms with van der Waals surface area (Å²) in [5.74, 6) is -0.805. The normalized spacial score (nSPS) is 16.6. The Kier molecular flexibility index (Phi) is 5.24. The lowest BCUT2D eigenvalue weighted by Crippen LogP contribution is -2.50. The molecule has 6 nitrogen and oxygen atoms in total. The third kappa shape index (κ3) is 5.13. The number of halogens is 1. The van der Waals surface area contributed by atoms with Crippen LogP contribution in [0.15, 0.2) is 24.3 Å². The van der Waals surface area contributed by atoms with E-state index in [9.17, 15) is 14.0 Å². The Labute approximate surface area is 122 Å². The number of hydrogen-bond donors (Lipinski definition) is 2. The Hall–Kier alpha value is -1.99. The van der Waals surface area contributed by atoms with E-state index < -0.39 is 0 Å². The van der Waals surface area contributed by atoms with Gasteiger partial charge in [-0.1, -0.05) is 0 Å². The predicted molar refractivity (Wildman–Crippen MR) is 77.1 cm³/mol. The highest BCUT2D eigenvalue weighted by Crippen LogP contribution is 2.08. The molecule has 1 saturated heterocycles. The summed E-state index contributed by atoms with van der Waals surface area (Å²) in [6, 6.07) is 5.66. The smallest absolute Gasteiger partial charge is 0.238 e. The fraction of sp³-hybridized carbons (Fsp3) is 0.429. The fourth-order valence-corrected chi connectivity index (χ4v) is 2.26. The number of amides is 2. The second-order valence-electron chi connectivity index (χ2n) is 5.07. The van der Waals surface area contributed by atoms with Gasteiger partial charge in [-0.05, 0) is 24.3 Å². The number of nitrogens with one attached hydrogen (secondary N) is 1. The van der Waals surface area contributed by atoms with Crippen LogP contribution in [0, 0.1) is 5.82 Å². The lowest BCUT2D eigenvalue weighted by atomic mass is 10.3. The van der Waals surface area contributed by atoms with Gasteiger partial charge in [0.25, 0.3) is 0 Å². The molecule has 21 heavy (non-hydrogen) atoms. The molecule has 0 unspecified atom stereocenters. The van der Waals surface area contributed by atoms with Crippen molar-refractivity contribution in [2.45, 2.75) is 0 Å². The number of primary amides is 1. The molecule has 1 aliphatic rings. The molecular formula is C14H19FN4O2. The van der Waals surface area contributed by atoms with Crippen LogP contribution in [0.2, 0.25) is 0 Å². The van der Waals surface area contributed by atoms with E-state index in [4.69, 9.17) is 5.73 Å². The molecule has 0 saturated carbocycles. The van der Waals surface area contributed by atoms with Crippen LogP contribution in [0.4, 0.5) is 10.1 Å². The van der Waals surface area contributed by atoms with Crippen molar-refractivity contribution in [3.8, 4) is 0 Å². The lowest BCUT2D eigenvalue weighted by molar-refractivity contribution is -0.121. The molecule has 0 aromatic heterocycles. The zero-order valence-corrected chi connectivity index (χ0v) is 11.7. The number of carbonyl (C=O) groups is 2. The molecule has 0 radical (unpaired) electrons. The van der Waals surface area contributed by atoms with E-state index >= 15 is 0 Å². The highest BCUT2D eigenvalue weighted by molar-refractivity contribution is 5.92. The summed E-state index contributed by atoms with van der Waals surface area (Å²) >= 11 is 0. The zero-order valence-electron chi connectivity index (χ0n) is 11.7. The Morgan fingerprint density at radius 1 is 1.05 bits per heavy atom. The van der Waals surface area contributed by atoms with Crippen LogP contribution in [0.5, 0.6) is 0 Å². The number of anilines is 1. The van der Waals surface area contributed by atoms with Crippen LogP contribution in [0.25, 0.3) is 0 Å².